The van der Waals surface area contributed by atoms with Gasteiger partial charge in [-0.05, 0) is 79.8 Å². The average molecular weight is 836 g/mol. The largest absolute Gasteiger partial charge is 0.489 e. The number of hydrogen-bond donors (Lipinski definition) is 2. The number of ether oxygens (including phenoxy) is 1. The van der Waals surface area contributed by atoms with Crippen molar-refractivity contribution in [3.8, 4) is 11.8 Å². The van der Waals surface area contributed by atoms with Crippen LogP contribution >= 0.6 is 11.6 Å². The standard InChI is InChI=1S/C45H50ClN7O7/c1-44(2)42(45(3,4)43(44)60-32-11-7-29(25-47)35(46)24-32)48-38(55)28-5-8-30(9-6-28)50-17-15-27(16-18-50)26-49-19-21-51(22-20-49)31-10-12-33-34(23-31)40(57)52(39(33)56)36-13-14-37(54)53(59)41(36)58/h5-12,23-24,27,36,42-43,59H,13-22,26H2,1-4H3,(H,48,55)/t36?,42-,43-. The third-order valence-electron chi connectivity index (χ3n) is 13.4. The van der Waals surface area contributed by atoms with Crippen molar-refractivity contribution >= 4 is 52.5 Å². The van der Waals surface area contributed by atoms with Gasteiger partial charge in [0, 0.05) is 92.1 Å². The predicted octanol–water partition coefficient (Wildman–Crippen LogP) is 5.37. The average Bonchev–Trinajstić information content (AvgIpc) is 3.49. The molecule has 3 aromatic carbocycles. The van der Waals surface area contributed by atoms with Gasteiger partial charge in [-0.25, -0.2) is 0 Å². The van der Waals surface area contributed by atoms with E-state index < -0.39 is 29.7 Å². The molecule has 0 radical (unpaired) electrons. The van der Waals surface area contributed by atoms with E-state index in [-0.39, 0.29) is 57.9 Å². The number of halogens is 1. The van der Waals surface area contributed by atoms with Crippen LogP contribution in [0.25, 0.3) is 0 Å². The van der Waals surface area contributed by atoms with Gasteiger partial charge in [-0.15, -0.1) is 0 Å². The highest BCUT2D eigenvalue weighted by Crippen LogP contribution is 2.55. The van der Waals surface area contributed by atoms with Crippen LogP contribution in [0.1, 0.15) is 90.0 Å². The lowest BCUT2D eigenvalue weighted by atomic mass is 9.49. The first-order valence-corrected chi connectivity index (χ1v) is 21.0. The molecule has 0 spiro atoms. The first-order valence-electron chi connectivity index (χ1n) is 20.7. The third kappa shape index (κ3) is 7.37. The molecule has 1 atom stereocenters. The van der Waals surface area contributed by atoms with Crippen molar-refractivity contribution in [3.63, 3.8) is 0 Å². The molecule has 314 valence electrons. The Morgan fingerprint density at radius 2 is 1.47 bits per heavy atom. The van der Waals surface area contributed by atoms with Gasteiger partial charge in [0.1, 0.15) is 24.0 Å². The van der Waals surface area contributed by atoms with E-state index in [9.17, 15) is 34.4 Å². The highest BCUT2D eigenvalue weighted by Gasteiger charge is 2.64. The maximum absolute atomic E-state index is 13.5. The number of nitriles is 1. The molecule has 3 saturated heterocycles. The van der Waals surface area contributed by atoms with Gasteiger partial charge in [-0.1, -0.05) is 39.3 Å². The second kappa shape index (κ2) is 15.8. The highest BCUT2D eigenvalue weighted by atomic mass is 35.5. The Morgan fingerprint density at radius 3 is 2.12 bits per heavy atom. The molecule has 1 aliphatic carbocycles. The summed E-state index contributed by atoms with van der Waals surface area (Å²) in [5, 5.41) is 22.7. The Balaban J connectivity index is 0.791. The van der Waals surface area contributed by atoms with Crippen LogP contribution in [0.2, 0.25) is 5.02 Å². The summed E-state index contributed by atoms with van der Waals surface area (Å²) < 4.78 is 6.38. The zero-order valence-electron chi connectivity index (χ0n) is 34.3. The number of hydroxylamine groups is 2. The van der Waals surface area contributed by atoms with E-state index in [1.807, 2.05) is 30.3 Å². The number of carbonyl (C=O) groups is 5. The van der Waals surface area contributed by atoms with Crippen LogP contribution in [0.5, 0.6) is 5.75 Å². The summed E-state index contributed by atoms with van der Waals surface area (Å²) >= 11 is 6.25. The number of rotatable bonds is 9. The molecule has 15 heteroatoms. The minimum atomic E-state index is -1.21. The summed E-state index contributed by atoms with van der Waals surface area (Å²) in [6.07, 6.45) is 1.79. The van der Waals surface area contributed by atoms with E-state index in [0.29, 0.717) is 27.8 Å². The predicted molar refractivity (Wildman–Crippen MR) is 223 cm³/mol. The van der Waals surface area contributed by atoms with E-state index >= 15 is 0 Å². The number of imide groups is 2. The number of fused-ring (bicyclic) bond motifs is 1. The molecule has 1 unspecified atom stereocenters. The van der Waals surface area contributed by atoms with E-state index in [2.05, 4.69) is 53.8 Å². The Morgan fingerprint density at radius 1 is 0.833 bits per heavy atom. The number of piperidine rings is 2. The summed E-state index contributed by atoms with van der Waals surface area (Å²) in [6, 6.07) is 18.8. The van der Waals surface area contributed by atoms with E-state index in [4.69, 9.17) is 16.3 Å². The molecule has 0 aromatic heterocycles. The smallest absolute Gasteiger partial charge is 0.276 e. The Labute approximate surface area is 354 Å². The van der Waals surface area contributed by atoms with Crippen LogP contribution in [0, 0.1) is 28.1 Å². The fourth-order valence-corrected chi connectivity index (χ4v) is 10.5. The lowest BCUT2D eigenvalue weighted by Gasteiger charge is -2.63. The summed E-state index contributed by atoms with van der Waals surface area (Å²) in [6.45, 7) is 14.5. The summed E-state index contributed by atoms with van der Waals surface area (Å²) in [5.41, 5.74) is 2.68. The molecular weight excluding hydrogens is 786 g/mol. The number of hydrogen-bond acceptors (Lipinski definition) is 11. The van der Waals surface area contributed by atoms with Gasteiger partial charge in [0.25, 0.3) is 29.5 Å². The van der Waals surface area contributed by atoms with Gasteiger partial charge >= 0.3 is 0 Å². The summed E-state index contributed by atoms with van der Waals surface area (Å²) in [7, 11) is 0. The number of carbonyl (C=O) groups excluding carboxylic acids is 5. The molecule has 14 nitrogen and oxygen atoms in total. The number of benzene rings is 3. The summed E-state index contributed by atoms with van der Waals surface area (Å²) in [5.74, 6) is -1.85. The van der Waals surface area contributed by atoms with Gasteiger partial charge < -0.3 is 19.9 Å². The lowest BCUT2D eigenvalue weighted by Crippen LogP contribution is -2.74. The molecule has 4 heterocycles. The van der Waals surface area contributed by atoms with Crippen molar-refractivity contribution in [1.29, 1.82) is 5.26 Å². The Hall–Kier alpha value is -5.49. The zero-order chi connectivity index (χ0) is 42.7. The minimum absolute atomic E-state index is 0.0114. The first-order chi connectivity index (χ1) is 28.6. The molecule has 2 N–H and O–H groups in total. The number of piperazine rings is 1. The van der Waals surface area contributed by atoms with Crippen LogP contribution < -0.4 is 19.9 Å². The third-order valence-corrected chi connectivity index (χ3v) is 13.7. The second-order valence-electron chi connectivity index (χ2n) is 17.9. The van der Waals surface area contributed by atoms with Gasteiger partial charge in [-0.2, -0.15) is 10.3 Å². The van der Waals surface area contributed by atoms with Gasteiger partial charge in [0.15, 0.2) is 0 Å². The van der Waals surface area contributed by atoms with Gasteiger partial charge in [-0.3, -0.25) is 39.0 Å². The minimum Gasteiger partial charge on any atom is -0.489 e. The fraction of sp³-hybridized carbons (Fsp3) is 0.467. The van der Waals surface area contributed by atoms with Crippen molar-refractivity contribution in [2.75, 3.05) is 55.6 Å². The normalized spacial score (nSPS) is 24.2. The van der Waals surface area contributed by atoms with Crippen LogP contribution in [0.4, 0.5) is 11.4 Å². The highest BCUT2D eigenvalue weighted by molar-refractivity contribution is 6.31. The lowest BCUT2D eigenvalue weighted by molar-refractivity contribution is -0.186. The number of amides is 5. The molecule has 5 aliphatic rings. The van der Waals surface area contributed by atoms with Crippen molar-refractivity contribution in [1.82, 2.24) is 20.2 Å². The second-order valence-corrected chi connectivity index (χ2v) is 18.3. The van der Waals surface area contributed by atoms with Crippen LogP contribution in [0.15, 0.2) is 60.7 Å². The maximum Gasteiger partial charge on any atom is 0.276 e. The van der Waals surface area contributed by atoms with Crippen molar-refractivity contribution < 1.29 is 33.9 Å². The topological polar surface area (TPSA) is 167 Å². The molecule has 5 amide bonds. The molecule has 1 saturated carbocycles. The molecule has 60 heavy (non-hydrogen) atoms. The van der Waals surface area contributed by atoms with E-state index in [1.165, 1.54) is 0 Å². The molecule has 0 bridgehead atoms. The summed E-state index contributed by atoms with van der Waals surface area (Å²) in [4.78, 5) is 72.3. The van der Waals surface area contributed by atoms with Crippen molar-refractivity contribution in [3.05, 3.63) is 87.9 Å². The molecule has 8 rings (SSSR count). The Bertz CT molecular complexity index is 2260. The maximum atomic E-state index is 13.5. The SMILES string of the molecule is CC1(C)[C@H](NC(=O)c2ccc(N3CCC(CN4CCN(c5ccc6c(c5)C(=O)N(C5CCC(=O)N(O)C5=O)C6=O)CC4)CC3)cc2)C(C)(C)[C@H]1Oc1ccc(C#N)c(Cl)c1. The Kier molecular flexibility index (Phi) is 10.9. The van der Waals surface area contributed by atoms with Crippen molar-refractivity contribution in [2.45, 2.75) is 71.6 Å². The molecule has 4 fully saturated rings. The quantitative estimate of drug-likeness (QED) is 0.210. The monoisotopic (exact) mass is 835 g/mol. The van der Waals surface area contributed by atoms with Crippen LogP contribution in [0.3, 0.4) is 0 Å². The first kappa shape index (κ1) is 41.3. The van der Waals surface area contributed by atoms with Crippen LogP contribution in [-0.4, -0.2) is 114 Å². The number of nitrogens with zero attached hydrogens (tertiary/aromatic N) is 6. The van der Waals surface area contributed by atoms with Crippen LogP contribution in [-0.2, 0) is 9.59 Å². The van der Waals surface area contributed by atoms with Gasteiger partial charge in [0.2, 0.25) is 0 Å². The zero-order valence-corrected chi connectivity index (χ0v) is 35.1. The van der Waals surface area contributed by atoms with Gasteiger partial charge in [0.05, 0.1) is 21.7 Å². The number of anilines is 2. The molecule has 4 aliphatic heterocycles. The molecular formula is C45H50ClN7O7. The van der Waals surface area contributed by atoms with E-state index in [1.54, 1.807) is 30.3 Å². The number of nitrogens with one attached hydrogen (secondary N) is 1. The van der Waals surface area contributed by atoms with Crippen molar-refractivity contribution in [2.24, 2.45) is 16.7 Å². The fourth-order valence-electron chi connectivity index (χ4n) is 10.3. The van der Waals surface area contributed by atoms with E-state index in [0.717, 1.165) is 74.9 Å². The molecule has 3 aromatic rings.